The third kappa shape index (κ3) is 2.98. The van der Waals surface area contributed by atoms with Gasteiger partial charge in [-0.3, -0.25) is 4.79 Å². The maximum atomic E-state index is 11.8. The summed E-state index contributed by atoms with van der Waals surface area (Å²) in [7, 11) is 1.72. The molecule has 3 atom stereocenters. The third-order valence-electron chi connectivity index (χ3n) is 4.53. The predicted octanol–water partition coefficient (Wildman–Crippen LogP) is 1.86. The normalized spacial score (nSPS) is 30.9. The molecule has 0 aromatic heterocycles. The number of nitrogens with one attached hydrogen (secondary N) is 1. The van der Waals surface area contributed by atoms with E-state index >= 15 is 0 Å². The molecule has 0 aliphatic heterocycles. The highest BCUT2D eigenvalue weighted by molar-refractivity contribution is 5.85. The van der Waals surface area contributed by atoms with Gasteiger partial charge >= 0.3 is 0 Å². The summed E-state index contributed by atoms with van der Waals surface area (Å²) in [5.74, 6) is -0.0388. The highest BCUT2D eigenvalue weighted by Gasteiger charge is 2.58. The van der Waals surface area contributed by atoms with Crippen LogP contribution in [0.5, 0.6) is 0 Å². The maximum absolute atomic E-state index is 11.8. The summed E-state index contributed by atoms with van der Waals surface area (Å²) >= 11 is 0. The highest BCUT2D eigenvalue weighted by Crippen LogP contribution is 2.51. The van der Waals surface area contributed by atoms with Crippen molar-refractivity contribution in [2.75, 3.05) is 7.11 Å². The van der Waals surface area contributed by atoms with E-state index in [9.17, 15) is 4.79 Å². The first kappa shape index (κ1) is 17.7. The number of hydrogen-bond acceptors (Lipinski definition) is 3. The zero-order valence-electron chi connectivity index (χ0n) is 12.1. The second kappa shape index (κ2) is 6.22. The van der Waals surface area contributed by atoms with E-state index in [1.54, 1.807) is 7.11 Å². The Morgan fingerprint density at radius 2 is 2.06 bits per heavy atom. The second-order valence-electron chi connectivity index (χ2n) is 5.82. The molecule has 108 valence electrons. The van der Waals surface area contributed by atoms with Crippen molar-refractivity contribution in [2.24, 2.45) is 11.1 Å². The summed E-state index contributed by atoms with van der Waals surface area (Å²) in [5, 5.41) is 3.04. The largest absolute Gasteiger partial charge is 0.378 e. The SMILES string of the molecule is CCCC(N)C(=O)NC1CC(C)(OC)C1(C)C.Cl. The molecular formula is C13H27ClN2O2. The Bertz CT molecular complexity index is 297. The summed E-state index contributed by atoms with van der Waals surface area (Å²) < 4.78 is 5.53. The van der Waals surface area contributed by atoms with Gasteiger partial charge < -0.3 is 15.8 Å². The van der Waals surface area contributed by atoms with E-state index in [0.29, 0.717) is 0 Å². The summed E-state index contributed by atoms with van der Waals surface area (Å²) in [6.45, 7) is 8.36. The average Bonchev–Trinajstić information content (AvgIpc) is 2.28. The van der Waals surface area contributed by atoms with Crippen LogP contribution in [0.1, 0.15) is 47.0 Å². The molecule has 0 heterocycles. The summed E-state index contributed by atoms with van der Waals surface area (Å²) in [5.41, 5.74) is 5.59. The zero-order valence-corrected chi connectivity index (χ0v) is 12.9. The molecule has 1 amide bonds. The fourth-order valence-electron chi connectivity index (χ4n) is 2.44. The molecule has 0 radical (unpaired) electrons. The monoisotopic (exact) mass is 278 g/mol. The molecule has 1 aliphatic carbocycles. The number of carbonyl (C=O) groups is 1. The molecule has 0 spiro atoms. The molecule has 3 unspecified atom stereocenters. The van der Waals surface area contributed by atoms with Crippen LogP contribution in [0.15, 0.2) is 0 Å². The number of halogens is 1. The second-order valence-corrected chi connectivity index (χ2v) is 5.82. The van der Waals surface area contributed by atoms with Crippen molar-refractivity contribution in [1.82, 2.24) is 5.32 Å². The summed E-state index contributed by atoms with van der Waals surface area (Å²) in [6, 6.07) is -0.229. The van der Waals surface area contributed by atoms with E-state index in [4.69, 9.17) is 10.5 Å². The van der Waals surface area contributed by atoms with Gasteiger partial charge in [0.15, 0.2) is 0 Å². The Morgan fingerprint density at radius 1 is 1.50 bits per heavy atom. The summed E-state index contributed by atoms with van der Waals surface area (Å²) in [4.78, 5) is 11.8. The van der Waals surface area contributed by atoms with Gasteiger partial charge in [0.25, 0.3) is 0 Å². The molecule has 1 aliphatic rings. The number of amides is 1. The van der Waals surface area contributed by atoms with Crippen LogP contribution in [0, 0.1) is 5.41 Å². The van der Waals surface area contributed by atoms with Gasteiger partial charge in [-0.15, -0.1) is 12.4 Å². The van der Waals surface area contributed by atoms with Crippen LogP contribution in [0.3, 0.4) is 0 Å². The van der Waals surface area contributed by atoms with Crippen molar-refractivity contribution in [3.63, 3.8) is 0 Å². The van der Waals surface area contributed by atoms with Crippen molar-refractivity contribution in [1.29, 1.82) is 0 Å². The van der Waals surface area contributed by atoms with Crippen molar-refractivity contribution in [3.8, 4) is 0 Å². The minimum atomic E-state index is -0.384. The first-order valence-corrected chi connectivity index (χ1v) is 6.39. The van der Waals surface area contributed by atoms with Crippen molar-refractivity contribution < 1.29 is 9.53 Å². The van der Waals surface area contributed by atoms with Crippen molar-refractivity contribution >= 4 is 18.3 Å². The van der Waals surface area contributed by atoms with Gasteiger partial charge in [0.1, 0.15) is 0 Å². The number of methoxy groups -OCH3 is 1. The molecular weight excluding hydrogens is 252 g/mol. The van der Waals surface area contributed by atoms with Crippen LogP contribution in [-0.4, -0.2) is 30.7 Å². The van der Waals surface area contributed by atoms with Crippen LogP contribution in [0.25, 0.3) is 0 Å². The van der Waals surface area contributed by atoms with Crippen LogP contribution in [0.4, 0.5) is 0 Å². The van der Waals surface area contributed by atoms with Crippen molar-refractivity contribution in [2.45, 2.75) is 64.6 Å². The van der Waals surface area contributed by atoms with Crippen LogP contribution in [0.2, 0.25) is 0 Å². The molecule has 0 aromatic carbocycles. The lowest BCUT2D eigenvalue weighted by Gasteiger charge is -2.59. The molecule has 18 heavy (non-hydrogen) atoms. The molecule has 3 N–H and O–H groups in total. The van der Waals surface area contributed by atoms with Crippen LogP contribution in [-0.2, 0) is 9.53 Å². The highest BCUT2D eigenvalue weighted by atomic mass is 35.5. The van der Waals surface area contributed by atoms with Gasteiger partial charge in [-0.1, -0.05) is 27.2 Å². The molecule has 5 heteroatoms. The topological polar surface area (TPSA) is 64.4 Å². The lowest BCUT2D eigenvalue weighted by molar-refractivity contribution is -0.182. The first-order chi connectivity index (χ1) is 7.78. The smallest absolute Gasteiger partial charge is 0.237 e. The van der Waals surface area contributed by atoms with Crippen molar-refractivity contribution in [3.05, 3.63) is 0 Å². The minimum Gasteiger partial charge on any atom is -0.378 e. The molecule has 4 nitrogen and oxygen atoms in total. The number of hydrogen-bond donors (Lipinski definition) is 2. The maximum Gasteiger partial charge on any atom is 0.237 e. The van der Waals surface area contributed by atoms with Gasteiger partial charge in [-0.2, -0.15) is 0 Å². The van der Waals surface area contributed by atoms with E-state index in [1.807, 2.05) is 6.92 Å². The Balaban J connectivity index is 0.00000289. The Labute approximate surface area is 116 Å². The van der Waals surface area contributed by atoms with E-state index in [0.717, 1.165) is 19.3 Å². The lowest BCUT2D eigenvalue weighted by atomic mass is 9.56. The quantitative estimate of drug-likeness (QED) is 0.807. The number of nitrogens with two attached hydrogens (primary N) is 1. The molecule has 0 bridgehead atoms. The zero-order chi connectivity index (χ0) is 13.3. The van der Waals surface area contributed by atoms with Gasteiger partial charge in [-0.25, -0.2) is 0 Å². The standard InChI is InChI=1S/C13H26N2O2.ClH/c1-6-7-9(14)11(16)15-10-8-13(4,17-5)12(10,2)3;/h9-10H,6-8,14H2,1-5H3,(H,15,16);1H. The Hall–Kier alpha value is -0.320. The predicted molar refractivity (Wildman–Crippen MR) is 75.9 cm³/mol. The van der Waals surface area contributed by atoms with Crippen LogP contribution < -0.4 is 11.1 Å². The minimum absolute atomic E-state index is 0. The van der Waals surface area contributed by atoms with E-state index in [1.165, 1.54) is 0 Å². The summed E-state index contributed by atoms with van der Waals surface area (Å²) in [6.07, 6.45) is 2.51. The van der Waals surface area contributed by atoms with Gasteiger partial charge in [0, 0.05) is 18.6 Å². The fourth-order valence-corrected chi connectivity index (χ4v) is 2.44. The molecule has 0 aromatic rings. The Kier molecular flexibility index (Phi) is 6.11. The molecule has 1 fully saturated rings. The van der Waals surface area contributed by atoms with Gasteiger partial charge in [0.05, 0.1) is 11.6 Å². The molecule has 1 rings (SSSR count). The van der Waals surface area contributed by atoms with E-state index in [-0.39, 0.29) is 41.4 Å². The van der Waals surface area contributed by atoms with E-state index in [2.05, 4.69) is 26.1 Å². The van der Waals surface area contributed by atoms with Crippen LogP contribution >= 0.6 is 12.4 Å². The van der Waals surface area contributed by atoms with Gasteiger partial charge in [0.2, 0.25) is 5.91 Å². The first-order valence-electron chi connectivity index (χ1n) is 6.39. The third-order valence-corrected chi connectivity index (χ3v) is 4.53. The lowest BCUT2D eigenvalue weighted by Crippen LogP contribution is -2.69. The Morgan fingerprint density at radius 3 is 2.44 bits per heavy atom. The number of carbonyl (C=O) groups excluding carboxylic acids is 1. The molecule has 0 saturated heterocycles. The number of ether oxygens (including phenoxy) is 1. The fraction of sp³-hybridized carbons (Fsp3) is 0.923. The average molecular weight is 279 g/mol. The molecule has 1 saturated carbocycles. The van der Waals surface area contributed by atoms with Gasteiger partial charge in [-0.05, 0) is 19.8 Å². The van der Waals surface area contributed by atoms with E-state index < -0.39 is 0 Å². The number of rotatable bonds is 5.